The zero-order valence-electron chi connectivity index (χ0n) is 20.3. The smallest absolute Gasteiger partial charge is 0.0892 e. The molecule has 1 unspecified atom stereocenters. The minimum absolute atomic E-state index is 0.130. The second-order valence-corrected chi connectivity index (χ2v) is 10.3. The number of rotatable bonds is 14. The Bertz CT molecular complexity index is 767. The van der Waals surface area contributed by atoms with Gasteiger partial charge < -0.3 is 4.74 Å². The maximum Gasteiger partial charge on any atom is 0.0892 e. The van der Waals surface area contributed by atoms with Gasteiger partial charge in [0, 0.05) is 4.90 Å². The summed E-state index contributed by atoms with van der Waals surface area (Å²) in [7, 11) is 0. The zero-order valence-corrected chi connectivity index (χ0v) is 21.1. The molecule has 31 heavy (non-hydrogen) atoms. The number of allylic oxidation sites excluding steroid dienone is 7. The van der Waals surface area contributed by atoms with Crippen LogP contribution in [0.15, 0.2) is 81.7 Å². The summed E-state index contributed by atoms with van der Waals surface area (Å²) in [5, 5.41) is 2.21. The van der Waals surface area contributed by atoms with Gasteiger partial charge in [-0.3, -0.25) is 0 Å². The first-order chi connectivity index (χ1) is 14.9. The molecule has 1 aliphatic heterocycles. The summed E-state index contributed by atoms with van der Waals surface area (Å²) in [5.41, 5.74) is 4.66. The molecule has 0 amide bonds. The summed E-state index contributed by atoms with van der Waals surface area (Å²) in [4.78, 5) is 1.30. The summed E-state index contributed by atoms with van der Waals surface area (Å²) in [6.45, 7) is 11.2. The predicted octanol–water partition coefficient (Wildman–Crippen LogP) is 9.43. The highest BCUT2D eigenvalue weighted by Gasteiger charge is 2.46. The Hall–Kier alpha value is -1.51. The van der Waals surface area contributed by atoms with E-state index in [1.807, 2.05) is 0 Å². The van der Waals surface area contributed by atoms with Crippen molar-refractivity contribution >= 4 is 11.8 Å². The lowest BCUT2D eigenvalue weighted by Crippen LogP contribution is -2.02. The molecule has 2 rings (SSSR count). The normalized spacial score (nSPS) is 19.3. The molecule has 0 aliphatic carbocycles. The molecular formula is C29H42OS. The number of hydrogen-bond acceptors (Lipinski definition) is 2. The van der Waals surface area contributed by atoms with E-state index in [4.69, 9.17) is 4.74 Å². The van der Waals surface area contributed by atoms with Crippen molar-refractivity contribution in [2.45, 2.75) is 103 Å². The molecule has 1 nitrogen and oxygen atoms in total. The maximum atomic E-state index is 5.67. The molecule has 1 heterocycles. The van der Waals surface area contributed by atoms with Gasteiger partial charge in [-0.15, -0.1) is 0 Å². The molecule has 0 N–H and O–H groups in total. The summed E-state index contributed by atoms with van der Waals surface area (Å²) in [5.74, 6) is 0. The van der Waals surface area contributed by atoms with Gasteiger partial charge >= 0.3 is 0 Å². The van der Waals surface area contributed by atoms with Crippen LogP contribution in [0.3, 0.4) is 0 Å². The molecule has 1 aliphatic rings. The quantitative estimate of drug-likeness (QED) is 0.124. The van der Waals surface area contributed by atoms with Crippen LogP contribution in [0.1, 0.15) is 86.0 Å². The third-order valence-electron chi connectivity index (χ3n) is 5.90. The number of epoxide rings is 1. The number of unbranched alkanes of at least 4 members (excludes halogenated alkanes) is 1. The summed E-state index contributed by atoms with van der Waals surface area (Å²) in [6.07, 6.45) is 19.2. The van der Waals surface area contributed by atoms with Crippen molar-refractivity contribution in [3.8, 4) is 0 Å². The van der Waals surface area contributed by atoms with Gasteiger partial charge in [-0.25, -0.2) is 0 Å². The van der Waals surface area contributed by atoms with Crippen LogP contribution in [0.2, 0.25) is 0 Å². The van der Waals surface area contributed by atoms with E-state index in [1.54, 1.807) is 11.8 Å². The van der Waals surface area contributed by atoms with E-state index in [0.717, 1.165) is 38.5 Å². The van der Waals surface area contributed by atoms with Crippen LogP contribution < -0.4 is 0 Å². The van der Waals surface area contributed by atoms with E-state index < -0.39 is 0 Å². The first-order valence-electron chi connectivity index (χ1n) is 11.9. The fourth-order valence-electron chi connectivity index (χ4n) is 3.61. The van der Waals surface area contributed by atoms with Gasteiger partial charge in [-0.2, -0.15) is 0 Å². The number of thioether (sulfide) groups is 1. The van der Waals surface area contributed by atoms with E-state index in [-0.39, 0.29) is 5.60 Å². The molecule has 1 aromatic rings. The van der Waals surface area contributed by atoms with Gasteiger partial charge in [-0.05, 0) is 104 Å². The molecule has 1 fully saturated rings. The van der Waals surface area contributed by atoms with Gasteiger partial charge in [0.25, 0.3) is 0 Å². The minimum Gasteiger partial charge on any atom is -0.367 e. The largest absolute Gasteiger partial charge is 0.367 e. The summed E-state index contributed by atoms with van der Waals surface area (Å²) >= 11 is 1.79. The van der Waals surface area contributed by atoms with Crippen LogP contribution in [0.25, 0.3) is 0 Å². The molecule has 0 bridgehead atoms. The van der Waals surface area contributed by atoms with Crippen LogP contribution >= 0.6 is 11.8 Å². The Morgan fingerprint density at radius 2 is 1.39 bits per heavy atom. The summed E-state index contributed by atoms with van der Waals surface area (Å²) < 4.78 is 5.67. The van der Waals surface area contributed by atoms with Crippen molar-refractivity contribution in [2.75, 3.05) is 0 Å². The van der Waals surface area contributed by atoms with Gasteiger partial charge in [0.2, 0.25) is 0 Å². The minimum atomic E-state index is 0.130. The van der Waals surface area contributed by atoms with E-state index in [9.17, 15) is 0 Å². The van der Waals surface area contributed by atoms with E-state index >= 15 is 0 Å². The molecule has 1 saturated heterocycles. The van der Waals surface area contributed by atoms with E-state index in [0.29, 0.717) is 6.10 Å². The van der Waals surface area contributed by atoms with Crippen LogP contribution in [0.4, 0.5) is 0 Å². The summed E-state index contributed by atoms with van der Waals surface area (Å²) in [6, 6.07) is 10.5. The van der Waals surface area contributed by atoms with Crippen molar-refractivity contribution < 1.29 is 4.74 Å². The van der Waals surface area contributed by atoms with E-state index in [2.05, 4.69) is 94.7 Å². The van der Waals surface area contributed by atoms with Crippen molar-refractivity contribution in [1.29, 1.82) is 0 Å². The Balaban J connectivity index is 1.52. The van der Waals surface area contributed by atoms with E-state index in [1.165, 1.54) is 34.5 Å². The molecule has 170 valence electrons. The van der Waals surface area contributed by atoms with Crippen molar-refractivity contribution in [3.05, 3.63) is 76.8 Å². The first kappa shape index (κ1) is 25.7. The van der Waals surface area contributed by atoms with Crippen molar-refractivity contribution in [1.82, 2.24) is 0 Å². The molecule has 2 heteroatoms. The van der Waals surface area contributed by atoms with Crippen LogP contribution in [0.5, 0.6) is 0 Å². The van der Waals surface area contributed by atoms with Crippen LogP contribution in [-0.2, 0) is 4.74 Å². The lowest BCUT2D eigenvalue weighted by atomic mass is 10.0. The average molecular weight is 439 g/mol. The fourth-order valence-corrected chi connectivity index (χ4v) is 4.32. The molecule has 0 saturated carbocycles. The lowest BCUT2D eigenvalue weighted by molar-refractivity contribution is 0.320. The van der Waals surface area contributed by atoms with Crippen molar-refractivity contribution in [3.63, 3.8) is 0 Å². The number of hydrogen-bond donors (Lipinski definition) is 0. The highest BCUT2D eigenvalue weighted by Crippen LogP contribution is 2.38. The Labute approximate surface area is 195 Å². The zero-order chi connectivity index (χ0) is 22.5. The molecule has 1 atom stereocenters. The Kier molecular flexibility index (Phi) is 11.5. The lowest BCUT2D eigenvalue weighted by Gasteiger charge is -2.02. The Morgan fingerprint density at radius 3 is 2.00 bits per heavy atom. The maximum absolute atomic E-state index is 5.67. The molecule has 0 spiro atoms. The van der Waals surface area contributed by atoms with Gasteiger partial charge in [0.1, 0.15) is 0 Å². The number of benzene rings is 1. The fraction of sp³-hybridized carbons (Fsp3) is 0.517. The first-order valence-corrected chi connectivity index (χ1v) is 12.8. The topological polar surface area (TPSA) is 12.5 Å². The second kappa shape index (κ2) is 13.8. The molecule has 1 aromatic carbocycles. The highest BCUT2D eigenvalue weighted by molar-refractivity contribution is 8.02. The van der Waals surface area contributed by atoms with Gasteiger partial charge in [-0.1, -0.05) is 71.0 Å². The van der Waals surface area contributed by atoms with Gasteiger partial charge in [0.15, 0.2) is 0 Å². The Morgan fingerprint density at radius 1 is 0.839 bits per heavy atom. The highest BCUT2D eigenvalue weighted by atomic mass is 32.2. The SMILES string of the molecule is C/C(=C\CC/C=C(\C)CC/C=C(\C)CCC1OC1(C)C)CC/C=C/Sc1ccccc1. The third-order valence-corrected chi connectivity index (χ3v) is 6.77. The standard InChI is InChI=1S/C29H42OS/c1-24(16-11-12-23-31-27-19-7-6-8-20-27)14-9-10-15-25(2)17-13-18-26(3)21-22-28-29(4,5)30-28/h6-8,12,14-15,18-20,23,28H,9-11,13,16-17,21-22H2,1-5H3/b23-12+,24-14+,25-15+,26-18+. The molecule has 0 radical (unpaired) electrons. The third kappa shape index (κ3) is 11.6. The molecular weight excluding hydrogens is 396 g/mol. The van der Waals surface area contributed by atoms with Gasteiger partial charge in [0.05, 0.1) is 11.7 Å². The number of ether oxygens (including phenoxy) is 1. The average Bonchev–Trinajstić information content (AvgIpc) is 3.36. The predicted molar refractivity (Wildman–Crippen MR) is 139 cm³/mol. The second-order valence-electron chi connectivity index (χ2n) is 9.36. The van der Waals surface area contributed by atoms with Crippen LogP contribution in [0, 0.1) is 0 Å². The molecule has 0 aromatic heterocycles. The van der Waals surface area contributed by atoms with Crippen molar-refractivity contribution in [2.24, 2.45) is 0 Å². The van der Waals surface area contributed by atoms with Crippen LogP contribution in [-0.4, -0.2) is 11.7 Å². The monoisotopic (exact) mass is 438 g/mol.